The molecule has 0 atom stereocenters. The van der Waals surface area contributed by atoms with E-state index in [2.05, 4.69) is 0 Å². The largest absolute Gasteiger partial charge is 0.478 e. The molecule has 0 amide bonds. The standard InChI is InChI=1S/C10H8Cl2O2/c1-6(10(13)14)4-7-2-3-8(11)9(12)5-7/h2-5H,1H3,(H,13,14)/b6-4+. The van der Waals surface area contributed by atoms with Gasteiger partial charge in [0.05, 0.1) is 10.0 Å². The number of carboxylic acid groups (broad SMARTS) is 1. The van der Waals surface area contributed by atoms with Crippen molar-refractivity contribution in [3.8, 4) is 0 Å². The molecule has 14 heavy (non-hydrogen) atoms. The smallest absolute Gasteiger partial charge is 0.331 e. The van der Waals surface area contributed by atoms with Crippen LogP contribution in [0.25, 0.3) is 6.08 Å². The second-order valence-electron chi connectivity index (χ2n) is 2.81. The van der Waals surface area contributed by atoms with Gasteiger partial charge >= 0.3 is 5.97 Å². The minimum Gasteiger partial charge on any atom is -0.478 e. The predicted octanol–water partition coefficient (Wildman–Crippen LogP) is 3.48. The van der Waals surface area contributed by atoms with Gasteiger partial charge in [-0.1, -0.05) is 29.3 Å². The fourth-order valence-corrected chi connectivity index (χ4v) is 1.22. The molecule has 1 N–H and O–H groups in total. The summed E-state index contributed by atoms with van der Waals surface area (Å²) >= 11 is 11.5. The van der Waals surface area contributed by atoms with Crippen molar-refractivity contribution in [3.63, 3.8) is 0 Å². The van der Waals surface area contributed by atoms with Crippen molar-refractivity contribution >= 4 is 35.2 Å². The Morgan fingerprint density at radius 1 is 1.36 bits per heavy atom. The Morgan fingerprint density at radius 2 is 2.00 bits per heavy atom. The molecule has 74 valence electrons. The van der Waals surface area contributed by atoms with E-state index in [9.17, 15) is 4.79 Å². The lowest BCUT2D eigenvalue weighted by molar-refractivity contribution is -0.132. The maximum absolute atomic E-state index is 10.5. The van der Waals surface area contributed by atoms with Gasteiger partial charge in [-0.15, -0.1) is 0 Å². The first-order valence-corrected chi connectivity index (χ1v) is 4.63. The Kier molecular flexibility index (Phi) is 3.55. The minimum absolute atomic E-state index is 0.253. The zero-order valence-electron chi connectivity index (χ0n) is 7.42. The van der Waals surface area contributed by atoms with Gasteiger partial charge < -0.3 is 5.11 Å². The molecule has 0 aromatic heterocycles. The molecule has 0 fully saturated rings. The van der Waals surface area contributed by atoms with Gasteiger partial charge in [0.1, 0.15) is 0 Å². The highest BCUT2D eigenvalue weighted by atomic mass is 35.5. The van der Waals surface area contributed by atoms with E-state index in [0.717, 1.165) is 5.56 Å². The third-order valence-corrected chi connectivity index (χ3v) is 2.40. The molecule has 2 nitrogen and oxygen atoms in total. The highest BCUT2D eigenvalue weighted by Gasteiger charge is 2.01. The van der Waals surface area contributed by atoms with E-state index in [1.54, 1.807) is 18.2 Å². The summed E-state index contributed by atoms with van der Waals surface area (Å²) in [5.41, 5.74) is 0.975. The Balaban J connectivity index is 3.04. The number of benzene rings is 1. The van der Waals surface area contributed by atoms with Crippen LogP contribution >= 0.6 is 23.2 Å². The minimum atomic E-state index is -0.948. The number of halogens is 2. The van der Waals surface area contributed by atoms with Gasteiger partial charge in [0.15, 0.2) is 0 Å². The third-order valence-electron chi connectivity index (χ3n) is 1.66. The van der Waals surface area contributed by atoms with Crippen molar-refractivity contribution < 1.29 is 9.90 Å². The van der Waals surface area contributed by atoms with Crippen LogP contribution in [-0.2, 0) is 4.79 Å². The molecule has 0 unspecified atom stereocenters. The lowest BCUT2D eigenvalue weighted by Crippen LogP contribution is -1.95. The summed E-state index contributed by atoms with van der Waals surface area (Å²) in [6.07, 6.45) is 1.53. The molecular formula is C10H8Cl2O2. The number of carboxylic acids is 1. The van der Waals surface area contributed by atoms with Crippen molar-refractivity contribution in [2.24, 2.45) is 0 Å². The van der Waals surface area contributed by atoms with Gasteiger partial charge in [0, 0.05) is 5.57 Å². The molecule has 0 saturated heterocycles. The molecular weight excluding hydrogens is 223 g/mol. The lowest BCUT2D eigenvalue weighted by atomic mass is 10.1. The van der Waals surface area contributed by atoms with Crippen molar-refractivity contribution in [2.75, 3.05) is 0 Å². The average Bonchev–Trinajstić information content (AvgIpc) is 2.11. The van der Waals surface area contributed by atoms with E-state index < -0.39 is 5.97 Å². The van der Waals surface area contributed by atoms with Crippen LogP contribution in [0.4, 0.5) is 0 Å². The normalized spacial score (nSPS) is 11.5. The van der Waals surface area contributed by atoms with Gasteiger partial charge in [-0.3, -0.25) is 0 Å². The number of hydrogen-bond acceptors (Lipinski definition) is 1. The number of aliphatic carboxylic acids is 1. The zero-order valence-corrected chi connectivity index (χ0v) is 8.93. The van der Waals surface area contributed by atoms with Gasteiger partial charge in [-0.2, -0.15) is 0 Å². The predicted molar refractivity (Wildman–Crippen MR) is 57.7 cm³/mol. The summed E-state index contributed by atoms with van der Waals surface area (Å²) in [6.45, 7) is 1.52. The van der Waals surface area contributed by atoms with E-state index in [4.69, 9.17) is 28.3 Å². The first-order chi connectivity index (χ1) is 6.50. The molecule has 0 bridgehead atoms. The monoisotopic (exact) mass is 230 g/mol. The van der Waals surface area contributed by atoms with E-state index in [0.29, 0.717) is 10.0 Å². The summed E-state index contributed by atoms with van der Waals surface area (Å²) in [4.78, 5) is 10.5. The summed E-state index contributed by atoms with van der Waals surface area (Å²) in [5.74, 6) is -0.948. The molecule has 4 heteroatoms. The number of hydrogen-bond donors (Lipinski definition) is 1. The van der Waals surface area contributed by atoms with Crippen LogP contribution < -0.4 is 0 Å². The van der Waals surface area contributed by atoms with Crippen molar-refractivity contribution in [1.29, 1.82) is 0 Å². The van der Waals surface area contributed by atoms with Crippen LogP contribution in [0, 0.1) is 0 Å². The van der Waals surface area contributed by atoms with E-state index in [1.807, 2.05) is 0 Å². The molecule has 0 radical (unpaired) electrons. The molecule has 0 aliphatic rings. The fourth-order valence-electron chi connectivity index (χ4n) is 0.914. The number of rotatable bonds is 2. The highest BCUT2D eigenvalue weighted by molar-refractivity contribution is 6.42. The number of carbonyl (C=O) groups is 1. The molecule has 1 rings (SSSR count). The maximum Gasteiger partial charge on any atom is 0.331 e. The second kappa shape index (κ2) is 4.49. The average molecular weight is 231 g/mol. The van der Waals surface area contributed by atoms with Gasteiger partial charge in [-0.05, 0) is 30.7 Å². The van der Waals surface area contributed by atoms with Crippen LogP contribution in [0.3, 0.4) is 0 Å². The van der Waals surface area contributed by atoms with Crippen molar-refractivity contribution in [3.05, 3.63) is 39.4 Å². The maximum atomic E-state index is 10.5. The SMILES string of the molecule is C/C(=C\c1ccc(Cl)c(Cl)c1)C(=O)O. The van der Waals surface area contributed by atoms with E-state index >= 15 is 0 Å². The van der Waals surface area contributed by atoms with Crippen LogP contribution in [0.1, 0.15) is 12.5 Å². The Hall–Kier alpha value is -0.990. The van der Waals surface area contributed by atoms with Crippen LogP contribution in [0.15, 0.2) is 23.8 Å². The molecule has 0 spiro atoms. The molecule has 0 saturated carbocycles. The van der Waals surface area contributed by atoms with E-state index in [1.165, 1.54) is 13.0 Å². The van der Waals surface area contributed by atoms with Gasteiger partial charge in [0.25, 0.3) is 0 Å². The molecule has 1 aromatic carbocycles. The van der Waals surface area contributed by atoms with Gasteiger partial charge in [0.2, 0.25) is 0 Å². The highest BCUT2D eigenvalue weighted by Crippen LogP contribution is 2.23. The topological polar surface area (TPSA) is 37.3 Å². The summed E-state index contributed by atoms with van der Waals surface area (Å²) in [7, 11) is 0. The molecule has 0 aliphatic carbocycles. The molecule has 0 heterocycles. The zero-order chi connectivity index (χ0) is 10.7. The first kappa shape index (κ1) is 11.1. The summed E-state index contributed by atoms with van der Waals surface area (Å²) in [6, 6.07) is 4.96. The molecule has 1 aromatic rings. The van der Waals surface area contributed by atoms with Crippen molar-refractivity contribution in [2.45, 2.75) is 6.92 Å². The second-order valence-corrected chi connectivity index (χ2v) is 3.62. The van der Waals surface area contributed by atoms with Gasteiger partial charge in [-0.25, -0.2) is 4.79 Å². The lowest BCUT2D eigenvalue weighted by Gasteiger charge is -1.98. The summed E-state index contributed by atoms with van der Waals surface area (Å²) < 4.78 is 0. The first-order valence-electron chi connectivity index (χ1n) is 3.87. The van der Waals surface area contributed by atoms with Crippen LogP contribution in [-0.4, -0.2) is 11.1 Å². The Bertz CT molecular complexity index is 397. The van der Waals surface area contributed by atoms with Crippen LogP contribution in [0.2, 0.25) is 10.0 Å². The fraction of sp³-hybridized carbons (Fsp3) is 0.100. The summed E-state index contributed by atoms with van der Waals surface area (Å²) in [5, 5.41) is 9.51. The van der Waals surface area contributed by atoms with Crippen LogP contribution in [0.5, 0.6) is 0 Å². The van der Waals surface area contributed by atoms with E-state index in [-0.39, 0.29) is 5.57 Å². The Morgan fingerprint density at radius 3 is 2.50 bits per heavy atom. The quantitative estimate of drug-likeness (QED) is 0.791. The Labute approximate surface area is 91.8 Å². The molecule has 0 aliphatic heterocycles. The van der Waals surface area contributed by atoms with Crippen molar-refractivity contribution in [1.82, 2.24) is 0 Å². The third kappa shape index (κ3) is 2.76.